The van der Waals surface area contributed by atoms with Gasteiger partial charge < -0.3 is 10.1 Å². The Bertz CT molecular complexity index is 882. The molecule has 0 aliphatic heterocycles. The van der Waals surface area contributed by atoms with Crippen LogP contribution >= 0.6 is 0 Å². The largest absolute Gasteiger partial charge is 0.495 e. The van der Waals surface area contributed by atoms with Gasteiger partial charge in [0.1, 0.15) is 16.5 Å². The molecule has 0 unspecified atom stereocenters. The van der Waals surface area contributed by atoms with Crippen molar-refractivity contribution in [3.8, 4) is 5.75 Å². The average Bonchev–Trinajstić information content (AvgIpc) is 2.49. The fraction of sp³-hybridized carbons (Fsp3) is 0.188. The van der Waals surface area contributed by atoms with E-state index < -0.39 is 15.8 Å². The van der Waals surface area contributed by atoms with E-state index in [9.17, 15) is 17.6 Å². The van der Waals surface area contributed by atoms with Gasteiger partial charge in [-0.05, 0) is 42.8 Å². The molecule has 0 heterocycles. The Morgan fingerprint density at radius 2 is 1.88 bits per heavy atom. The highest BCUT2D eigenvalue weighted by atomic mass is 32.2. The number of ether oxygens (including phenoxy) is 1. The molecule has 2 rings (SSSR count). The number of carbonyl (C=O) groups is 1. The second-order valence-corrected chi connectivity index (χ2v) is 6.79. The van der Waals surface area contributed by atoms with Crippen molar-refractivity contribution in [3.05, 3.63) is 47.8 Å². The van der Waals surface area contributed by atoms with Gasteiger partial charge in [0.05, 0.1) is 12.8 Å². The van der Waals surface area contributed by atoms with Crippen molar-refractivity contribution in [1.82, 2.24) is 0 Å². The maximum absolute atomic E-state index is 13.9. The van der Waals surface area contributed by atoms with Crippen molar-refractivity contribution < 1.29 is 22.3 Å². The van der Waals surface area contributed by atoms with Crippen molar-refractivity contribution in [2.75, 3.05) is 17.1 Å². The number of aryl methyl sites for hydroxylation is 1. The van der Waals surface area contributed by atoms with Gasteiger partial charge in [0, 0.05) is 12.6 Å². The predicted molar refractivity (Wildman–Crippen MR) is 89.2 cm³/mol. The minimum absolute atomic E-state index is 0.0733. The van der Waals surface area contributed by atoms with Crippen molar-refractivity contribution in [2.24, 2.45) is 0 Å². The lowest BCUT2D eigenvalue weighted by Crippen LogP contribution is -2.16. The van der Waals surface area contributed by atoms with Crippen LogP contribution in [0.25, 0.3) is 0 Å². The normalized spacial score (nSPS) is 11.0. The maximum atomic E-state index is 13.9. The van der Waals surface area contributed by atoms with Crippen LogP contribution < -0.4 is 14.8 Å². The van der Waals surface area contributed by atoms with Crippen molar-refractivity contribution in [2.45, 2.75) is 18.7 Å². The van der Waals surface area contributed by atoms with Crippen LogP contribution in [-0.2, 0) is 14.8 Å². The summed E-state index contributed by atoms with van der Waals surface area (Å²) < 4.78 is 46.3. The zero-order valence-corrected chi connectivity index (χ0v) is 14.2. The van der Waals surface area contributed by atoms with Crippen LogP contribution in [-0.4, -0.2) is 21.4 Å². The predicted octanol–water partition coefficient (Wildman–Crippen LogP) is 2.90. The first-order chi connectivity index (χ1) is 11.2. The number of sulfonamides is 1. The lowest BCUT2D eigenvalue weighted by atomic mass is 10.2. The van der Waals surface area contributed by atoms with E-state index in [0.717, 1.165) is 0 Å². The standard InChI is InChI=1S/C16H17FN2O4S/c1-10-4-6-14(13(17)8-10)19-24(21,22)16-9-12(18-11(2)20)5-7-15(16)23-3/h4-9,19H,1-3H3,(H,18,20). The lowest BCUT2D eigenvalue weighted by Gasteiger charge is -2.14. The van der Waals surface area contributed by atoms with Gasteiger partial charge in [-0.3, -0.25) is 9.52 Å². The van der Waals surface area contributed by atoms with E-state index >= 15 is 0 Å². The van der Waals surface area contributed by atoms with Gasteiger partial charge in [-0.15, -0.1) is 0 Å². The first kappa shape index (κ1) is 17.7. The molecule has 24 heavy (non-hydrogen) atoms. The van der Waals surface area contributed by atoms with Crippen LogP contribution in [0.3, 0.4) is 0 Å². The summed E-state index contributed by atoms with van der Waals surface area (Å²) >= 11 is 0. The topological polar surface area (TPSA) is 84.5 Å². The summed E-state index contributed by atoms with van der Waals surface area (Å²) in [4.78, 5) is 10.9. The first-order valence-corrected chi connectivity index (χ1v) is 8.46. The second kappa shape index (κ2) is 6.88. The summed E-state index contributed by atoms with van der Waals surface area (Å²) in [6, 6.07) is 8.31. The van der Waals surface area contributed by atoms with Gasteiger partial charge in [0.2, 0.25) is 5.91 Å². The van der Waals surface area contributed by atoms with Crippen molar-refractivity contribution in [1.29, 1.82) is 0 Å². The van der Waals surface area contributed by atoms with Crippen molar-refractivity contribution >= 4 is 27.3 Å². The van der Waals surface area contributed by atoms with Gasteiger partial charge >= 0.3 is 0 Å². The zero-order chi connectivity index (χ0) is 17.9. The molecular formula is C16H17FN2O4S. The molecule has 0 radical (unpaired) electrons. The fourth-order valence-corrected chi connectivity index (χ4v) is 3.33. The Morgan fingerprint density at radius 3 is 2.46 bits per heavy atom. The Morgan fingerprint density at radius 1 is 1.17 bits per heavy atom. The van der Waals surface area contributed by atoms with Crippen LogP contribution in [0.4, 0.5) is 15.8 Å². The van der Waals surface area contributed by atoms with Gasteiger partial charge in [0.25, 0.3) is 10.0 Å². The maximum Gasteiger partial charge on any atom is 0.265 e. The van der Waals surface area contributed by atoms with Crippen LogP contribution in [0.1, 0.15) is 12.5 Å². The highest BCUT2D eigenvalue weighted by molar-refractivity contribution is 7.92. The van der Waals surface area contributed by atoms with E-state index in [1.54, 1.807) is 13.0 Å². The molecule has 2 N–H and O–H groups in total. The molecule has 0 aliphatic rings. The number of benzene rings is 2. The van der Waals surface area contributed by atoms with E-state index in [1.807, 2.05) is 0 Å². The number of methoxy groups -OCH3 is 1. The van der Waals surface area contributed by atoms with E-state index in [-0.39, 0.29) is 27.9 Å². The smallest absolute Gasteiger partial charge is 0.265 e. The summed E-state index contributed by atoms with van der Waals surface area (Å²) in [6.45, 7) is 3.00. The number of hydrogen-bond donors (Lipinski definition) is 2. The highest BCUT2D eigenvalue weighted by Crippen LogP contribution is 2.29. The minimum Gasteiger partial charge on any atom is -0.495 e. The number of nitrogens with one attached hydrogen (secondary N) is 2. The number of halogens is 1. The average molecular weight is 352 g/mol. The van der Waals surface area contributed by atoms with Crippen LogP contribution in [0, 0.1) is 12.7 Å². The molecule has 0 fully saturated rings. The van der Waals surface area contributed by atoms with E-state index in [2.05, 4.69) is 10.0 Å². The Hall–Kier alpha value is -2.61. The molecule has 0 saturated heterocycles. The number of amides is 1. The summed E-state index contributed by atoms with van der Waals surface area (Å²) in [5, 5.41) is 2.49. The van der Waals surface area contributed by atoms with Crippen LogP contribution in [0.5, 0.6) is 5.75 Å². The Balaban J connectivity index is 2.45. The minimum atomic E-state index is -4.12. The molecule has 2 aromatic carbocycles. The number of carbonyl (C=O) groups excluding carboxylic acids is 1. The van der Waals surface area contributed by atoms with Crippen LogP contribution in [0.15, 0.2) is 41.3 Å². The molecule has 8 heteroatoms. The van der Waals surface area contributed by atoms with Gasteiger partial charge in [-0.2, -0.15) is 0 Å². The summed E-state index contributed by atoms with van der Waals surface area (Å²) in [5.74, 6) is -0.958. The van der Waals surface area contributed by atoms with E-state index in [4.69, 9.17) is 4.74 Å². The fourth-order valence-electron chi connectivity index (χ4n) is 2.07. The monoisotopic (exact) mass is 352 g/mol. The first-order valence-electron chi connectivity index (χ1n) is 6.97. The molecule has 0 bridgehead atoms. The number of anilines is 2. The number of hydrogen-bond acceptors (Lipinski definition) is 4. The Labute approximate surface area is 139 Å². The van der Waals surface area contributed by atoms with Gasteiger partial charge in [-0.1, -0.05) is 6.07 Å². The molecule has 2 aromatic rings. The SMILES string of the molecule is COc1ccc(NC(C)=O)cc1S(=O)(=O)Nc1ccc(C)cc1F. The third-order valence-corrected chi connectivity index (χ3v) is 4.53. The van der Waals surface area contributed by atoms with E-state index in [1.165, 1.54) is 44.4 Å². The number of rotatable bonds is 5. The summed E-state index contributed by atoms with van der Waals surface area (Å²) in [5.41, 5.74) is 0.779. The van der Waals surface area contributed by atoms with Gasteiger partial charge in [0.15, 0.2) is 0 Å². The highest BCUT2D eigenvalue weighted by Gasteiger charge is 2.22. The lowest BCUT2D eigenvalue weighted by molar-refractivity contribution is -0.114. The zero-order valence-electron chi connectivity index (χ0n) is 13.4. The Kier molecular flexibility index (Phi) is 5.08. The quantitative estimate of drug-likeness (QED) is 0.866. The van der Waals surface area contributed by atoms with E-state index in [0.29, 0.717) is 5.56 Å². The molecule has 0 aliphatic carbocycles. The molecule has 0 aromatic heterocycles. The van der Waals surface area contributed by atoms with Crippen LogP contribution in [0.2, 0.25) is 0 Å². The second-order valence-electron chi connectivity index (χ2n) is 5.14. The molecule has 1 amide bonds. The molecule has 0 atom stereocenters. The summed E-state index contributed by atoms with van der Waals surface area (Å²) in [6.07, 6.45) is 0. The molecule has 6 nitrogen and oxygen atoms in total. The third kappa shape index (κ3) is 4.02. The molecule has 128 valence electrons. The van der Waals surface area contributed by atoms with Gasteiger partial charge in [-0.25, -0.2) is 12.8 Å². The molecular weight excluding hydrogens is 335 g/mol. The van der Waals surface area contributed by atoms with Crippen molar-refractivity contribution in [3.63, 3.8) is 0 Å². The summed E-state index contributed by atoms with van der Waals surface area (Å²) in [7, 11) is -2.80. The third-order valence-electron chi connectivity index (χ3n) is 3.14. The molecule has 0 spiro atoms. The molecule has 0 saturated carbocycles.